The van der Waals surface area contributed by atoms with Crippen molar-refractivity contribution in [1.82, 2.24) is 5.32 Å². The zero-order valence-electron chi connectivity index (χ0n) is 8.49. The molecule has 0 saturated carbocycles. The number of terminal acetylenes is 1. The lowest BCUT2D eigenvalue weighted by Crippen LogP contribution is -2.27. The van der Waals surface area contributed by atoms with Crippen LogP contribution in [0, 0.1) is 12.3 Å². The Bertz CT molecular complexity index is 323. The highest BCUT2D eigenvalue weighted by atomic mass is 16.3. The summed E-state index contributed by atoms with van der Waals surface area (Å²) >= 11 is 0. The maximum Gasteiger partial charge on any atom is 0.115 e. The van der Waals surface area contributed by atoms with E-state index in [1.165, 1.54) is 0 Å². The van der Waals surface area contributed by atoms with E-state index in [0.717, 1.165) is 5.56 Å². The maximum absolute atomic E-state index is 9.11. The molecule has 0 saturated heterocycles. The number of aromatic hydroxyl groups is 1. The smallest absolute Gasteiger partial charge is 0.115 e. The van der Waals surface area contributed by atoms with Gasteiger partial charge in [0.2, 0.25) is 0 Å². The van der Waals surface area contributed by atoms with Gasteiger partial charge in [0.15, 0.2) is 0 Å². The normalized spacial score (nSPS) is 14.4. The summed E-state index contributed by atoms with van der Waals surface area (Å²) in [6.07, 6.45) is 5.27. The lowest BCUT2D eigenvalue weighted by molar-refractivity contribution is 0.474. The van der Waals surface area contributed by atoms with Crippen LogP contribution in [0.15, 0.2) is 24.3 Å². The minimum Gasteiger partial charge on any atom is -0.508 e. The van der Waals surface area contributed by atoms with Gasteiger partial charge in [0.05, 0.1) is 6.04 Å². The minimum atomic E-state index is 0.0544. The molecule has 0 fully saturated rings. The van der Waals surface area contributed by atoms with E-state index >= 15 is 0 Å². The maximum atomic E-state index is 9.11. The van der Waals surface area contributed by atoms with Gasteiger partial charge in [0, 0.05) is 6.04 Å². The molecule has 0 aliphatic carbocycles. The average Bonchev–Trinajstić information content (AvgIpc) is 2.18. The second kappa shape index (κ2) is 4.69. The van der Waals surface area contributed by atoms with Crippen molar-refractivity contribution in [2.45, 2.75) is 25.9 Å². The number of rotatable bonds is 3. The van der Waals surface area contributed by atoms with Crippen molar-refractivity contribution < 1.29 is 5.11 Å². The highest BCUT2D eigenvalue weighted by Gasteiger charge is 2.06. The third-order valence-electron chi connectivity index (χ3n) is 2.14. The third kappa shape index (κ3) is 2.79. The van der Waals surface area contributed by atoms with E-state index in [1.807, 2.05) is 26.0 Å². The molecule has 2 nitrogen and oxygen atoms in total. The van der Waals surface area contributed by atoms with Crippen molar-refractivity contribution in [3.63, 3.8) is 0 Å². The molecule has 0 aliphatic heterocycles. The second-order valence-corrected chi connectivity index (χ2v) is 3.37. The van der Waals surface area contributed by atoms with Gasteiger partial charge in [-0.1, -0.05) is 18.1 Å². The number of nitrogens with one attached hydrogen (secondary N) is 1. The Labute approximate surface area is 85.0 Å². The summed E-state index contributed by atoms with van der Waals surface area (Å²) < 4.78 is 0. The van der Waals surface area contributed by atoms with Crippen LogP contribution in [-0.4, -0.2) is 11.1 Å². The number of benzene rings is 1. The molecule has 0 spiro atoms. The van der Waals surface area contributed by atoms with Gasteiger partial charge in [0.25, 0.3) is 0 Å². The van der Waals surface area contributed by atoms with Gasteiger partial charge in [-0.2, -0.15) is 0 Å². The standard InChI is InChI=1S/C12H15NO/c1-4-9(2)13-10(3)11-5-7-12(14)8-6-11/h1,5-10,13-14H,2-3H3. The molecule has 0 aliphatic rings. The van der Waals surface area contributed by atoms with Crippen molar-refractivity contribution in [3.05, 3.63) is 29.8 Å². The molecule has 0 radical (unpaired) electrons. The van der Waals surface area contributed by atoms with Gasteiger partial charge < -0.3 is 5.11 Å². The van der Waals surface area contributed by atoms with Crippen molar-refractivity contribution >= 4 is 0 Å². The van der Waals surface area contributed by atoms with Crippen LogP contribution in [0.5, 0.6) is 5.75 Å². The van der Waals surface area contributed by atoms with Crippen molar-refractivity contribution in [3.8, 4) is 18.1 Å². The molecule has 2 heteroatoms. The topological polar surface area (TPSA) is 32.3 Å². The molecule has 74 valence electrons. The van der Waals surface area contributed by atoms with Gasteiger partial charge in [-0.15, -0.1) is 6.42 Å². The zero-order valence-corrected chi connectivity index (χ0v) is 8.49. The van der Waals surface area contributed by atoms with Crippen molar-refractivity contribution in [1.29, 1.82) is 0 Å². The number of phenols is 1. The predicted molar refractivity (Wildman–Crippen MR) is 58.0 cm³/mol. The van der Waals surface area contributed by atoms with Crippen LogP contribution < -0.4 is 5.32 Å². The molecule has 0 amide bonds. The molecule has 0 aromatic heterocycles. The Kier molecular flexibility index (Phi) is 3.55. The predicted octanol–water partition coefficient (Wildman–Crippen LogP) is 2.06. The lowest BCUT2D eigenvalue weighted by atomic mass is 10.1. The summed E-state index contributed by atoms with van der Waals surface area (Å²) in [5.74, 6) is 2.90. The largest absolute Gasteiger partial charge is 0.508 e. The first-order valence-electron chi connectivity index (χ1n) is 4.64. The van der Waals surface area contributed by atoms with Gasteiger partial charge in [-0.3, -0.25) is 5.32 Å². The summed E-state index contributed by atoms with van der Waals surface area (Å²) in [5, 5.41) is 12.4. The molecule has 2 unspecified atom stereocenters. The van der Waals surface area contributed by atoms with Gasteiger partial charge in [-0.05, 0) is 31.5 Å². The molecule has 2 atom stereocenters. The molecule has 2 N–H and O–H groups in total. The second-order valence-electron chi connectivity index (χ2n) is 3.37. The number of phenolic OH excluding ortho intramolecular Hbond substituents is 1. The summed E-state index contributed by atoms with van der Waals surface area (Å²) in [5.41, 5.74) is 1.12. The van der Waals surface area contributed by atoms with Gasteiger partial charge >= 0.3 is 0 Å². The summed E-state index contributed by atoms with van der Waals surface area (Å²) in [6.45, 7) is 3.98. The first kappa shape index (κ1) is 10.6. The van der Waals surface area contributed by atoms with Gasteiger partial charge in [0.1, 0.15) is 5.75 Å². The minimum absolute atomic E-state index is 0.0544. The van der Waals surface area contributed by atoms with Crippen LogP contribution in [-0.2, 0) is 0 Å². The average molecular weight is 189 g/mol. The van der Waals surface area contributed by atoms with E-state index in [4.69, 9.17) is 11.5 Å². The fourth-order valence-corrected chi connectivity index (χ4v) is 1.28. The van der Waals surface area contributed by atoms with Crippen LogP contribution >= 0.6 is 0 Å². The molecule has 0 heterocycles. The van der Waals surface area contributed by atoms with Crippen LogP contribution in [0.25, 0.3) is 0 Å². The fraction of sp³-hybridized carbons (Fsp3) is 0.333. The van der Waals surface area contributed by atoms with Gasteiger partial charge in [-0.25, -0.2) is 0 Å². The Morgan fingerprint density at radius 2 is 1.86 bits per heavy atom. The van der Waals surface area contributed by atoms with E-state index in [2.05, 4.69) is 11.2 Å². The lowest BCUT2D eigenvalue weighted by Gasteiger charge is -2.16. The Balaban J connectivity index is 2.66. The third-order valence-corrected chi connectivity index (χ3v) is 2.14. The SMILES string of the molecule is C#CC(C)NC(C)c1ccc(O)cc1. The Hall–Kier alpha value is -1.46. The highest BCUT2D eigenvalue weighted by molar-refractivity contribution is 5.27. The fourth-order valence-electron chi connectivity index (χ4n) is 1.28. The van der Waals surface area contributed by atoms with E-state index < -0.39 is 0 Å². The molecule has 1 aromatic rings. The molecule has 1 rings (SSSR count). The molecular weight excluding hydrogens is 174 g/mol. The van der Waals surface area contributed by atoms with Crippen LogP contribution in [0.4, 0.5) is 0 Å². The van der Waals surface area contributed by atoms with Crippen LogP contribution in [0.3, 0.4) is 0 Å². The Morgan fingerprint density at radius 3 is 2.36 bits per heavy atom. The summed E-state index contributed by atoms with van der Waals surface area (Å²) in [6, 6.07) is 7.37. The van der Waals surface area contributed by atoms with E-state index in [9.17, 15) is 0 Å². The molecule has 1 aromatic carbocycles. The zero-order chi connectivity index (χ0) is 10.6. The monoisotopic (exact) mass is 189 g/mol. The van der Waals surface area contributed by atoms with Crippen LogP contribution in [0.1, 0.15) is 25.5 Å². The van der Waals surface area contributed by atoms with E-state index in [1.54, 1.807) is 12.1 Å². The van der Waals surface area contributed by atoms with Crippen molar-refractivity contribution in [2.75, 3.05) is 0 Å². The Morgan fingerprint density at radius 1 is 1.29 bits per heavy atom. The van der Waals surface area contributed by atoms with E-state index in [-0.39, 0.29) is 17.8 Å². The number of hydrogen-bond donors (Lipinski definition) is 2. The van der Waals surface area contributed by atoms with E-state index in [0.29, 0.717) is 0 Å². The molecular formula is C12H15NO. The molecule has 14 heavy (non-hydrogen) atoms. The quantitative estimate of drug-likeness (QED) is 0.713. The van der Waals surface area contributed by atoms with Crippen LogP contribution in [0.2, 0.25) is 0 Å². The molecule has 0 bridgehead atoms. The highest BCUT2D eigenvalue weighted by Crippen LogP contribution is 2.16. The number of hydrogen-bond acceptors (Lipinski definition) is 2. The summed E-state index contributed by atoms with van der Waals surface area (Å²) in [4.78, 5) is 0. The van der Waals surface area contributed by atoms with Crippen molar-refractivity contribution in [2.24, 2.45) is 0 Å². The first-order chi connectivity index (χ1) is 6.63. The summed E-state index contributed by atoms with van der Waals surface area (Å²) in [7, 11) is 0. The first-order valence-corrected chi connectivity index (χ1v) is 4.64.